The molecule has 4 N–H and O–H groups in total. The van der Waals surface area contributed by atoms with Gasteiger partial charge in [-0.3, -0.25) is 4.79 Å². The van der Waals surface area contributed by atoms with Crippen molar-refractivity contribution in [1.29, 1.82) is 0 Å². The highest BCUT2D eigenvalue weighted by atomic mass is 16.5. The fraction of sp³-hybridized carbons (Fsp3) is 0.211. The Morgan fingerprint density at radius 3 is 2.93 bits per heavy atom. The zero-order valence-corrected chi connectivity index (χ0v) is 15.0. The fourth-order valence-corrected chi connectivity index (χ4v) is 3.15. The van der Waals surface area contributed by atoms with Crippen LogP contribution in [0.25, 0.3) is 0 Å². The minimum absolute atomic E-state index is 0.0149. The molecule has 142 valence electrons. The lowest BCUT2D eigenvalue weighted by molar-refractivity contribution is 0.102. The number of carbonyl (C=O) groups excluding carboxylic acids is 1. The summed E-state index contributed by atoms with van der Waals surface area (Å²) in [5.74, 6) is 6.41. The maximum Gasteiger partial charge on any atom is 0.255 e. The third kappa shape index (κ3) is 3.98. The molecule has 1 aliphatic heterocycles. The normalized spacial score (nSPS) is 15.8. The number of fused-ring (bicyclic) bond motifs is 1. The minimum atomic E-state index is -0.178. The van der Waals surface area contributed by atoms with Crippen LogP contribution in [0.4, 0.5) is 5.69 Å². The summed E-state index contributed by atoms with van der Waals surface area (Å²) in [6, 6.07) is 12.7. The van der Waals surface area contributed by atoms with Gasteiger partial charge in [0.2, 0.25) is 0 Å². The molecular weight excluding hydrogens is 358 g/mol. The van der Waals surface area contributed by atoms with Crippen molar-refractivity contribution in [3.8, 4) is 5.75 Å². The summed E-state index contributed by atoms with van der Waals surface area (Å²) in [6.07, 6.45) is 3.86. The number of hydrogen-bond acceptors (Lipinski definition) is 7. The number of nitrogens with zero attached hydrogens (tertiary/aromatic N) is 4. The standard InChI is InChI=1S/C19H19N7O2/c20-21-11-12-1-3-13(4-2-12)19(27)22-15-6-8-17-14(9-15)5-7-16(28-17)10-18-23-25-26-24-18/h1-4,6,8-9,11,16H,5,7,10,20H2,(H,22,27)(H,23,24,25,26)/b21-11-. The molecule has 3 aromatic rings. The number of tetrazole rings is 1. The van der Waals surface area contributed by atoms with Gasteiger partial charge in [-0.2, -0.15) is 10.3 Å². The van der Waals surface area contributed by atoms with Crippen molar-refractivity contribution in [2.75, 3.05) is 5.32 Å². The number of benzene rings is 2. The maximum atomic E-state index is 12.5. The van der Waals surface area contributed by atoms with E-state index in [1.807, 2.05) is 18.2 Å². The summed E-state index contributed by atoms with van der Waals surface area (Å²) < 4.78 is 6.03. The molecule has 9 heteroatoms. The molecule has 1 atom stereocenters. The second-order valence-corrected chi connectivity index (χ2v) is 6.49. The van der Waals surface area contributed by atoms with E-state index in [0.717, 1.165) is 35.4 Å². The molecule has 0 saturated heterocycles. The quantitative estimate of drug-likeness (QED) is 0.352. The number of aryl methyl sites for hydroxylation is 1. The molecule has 0 spiro atoms. The van der Waals surface area contributed by atoms with Gasteiger partial charge in [0, 0.05) is 17.7 Å². The van der Waals surface area contributed by atoms with Crippen LogP contribution >= 0.6 is 0 Å². The first kappa shape index (κ1) is 17.7. The van der Waals surface area contributed by atoms with Crippen LogP contribution in [0.3, 0.4) is 0 Å². The third-order valence-electron chi connectivity index (χ3n) is 4.54. The summed E-state index contributed by atoms with van der Waals surface area (Å²) in [7, 11) is 0. The average molecular weight is 377 g/mol. The number of H-pyrrole nitrogens is 1. The first-order chi connectivity index (χ1) is 13.7. The van der Waals surface area contributed by atoms with Crippen molar-refractivity contribution in [2.24, 2.45) is 10.9 Å². The molecule has 1 aromatic heterocycles. The number of nitrogens with two attached hydrogens (primary N) is 1. The number of hydrazone groups is 1. The number of nitrogens with one attached hydrogen (secondary N) is 2. The number of aromatic nitrogens is 4. The second kappa shape index (κ2) is 7.87. The molecule has 2 heterocycles. The van der Waals surface area contributed by atoms with Crippen LogP contribution in [0, 0.1) is 0 Å². The van der Waals surface area contributed by atoms with Gasteiger partial charge in [-0.15, -0.1) is 10.2 Å². The molecule has 0 radical (unpaired) electrons. The van der Waals surface area contributed by atoms with Gasteiger partial charge in [0.1, 0.15) is 11.9 Å². The zero-order chi connectivity index (χ0) is 19.3. The molecule has 0 saturated carbocycles. The third-order valence-corrected chi connectivity index (χ3v) is 4.54. The van der Waals surface area contributed by atoms with Crippen LogP contribution in [0.1, 0.15) is 33.7 Å². The predicted molar refractivity (Wildman–Crippen MR) is 103 cm³/mol. The van der Waals surface area contributed by atoms with E-state index in [2.05, 4.69) is 31.0 Å². The molecule has 28 heavy (non-hydrogen) atoms. The Labute approximate surface area is 161 Å². The van der Waals surface area contributed by atoms with E-state index in [-0.39, 0.29) is 12.0 Å². The Kier molecular flexibility index (Phi) is 4.96. The maximum absolute atomic E-state index is 12.5. The van der Waals surface area contributed by atoms with Crippen LogP contribution in [-0.4, -0.2) is 38.8 Å². The van der Waals surface area contributed by atoms with E-state index in [4.69, 9.17) is 10.6 Å². The van der Waals surface area contributed by atoms with E-state index >= 15 is 0 Å². The van der Waals surface area contributed by atoms with Gasteiger partial charge in [0.05, 0.1) is 6.21 Å². The van der Waals surface area contributed by atoms with Gasteiger partial charge in [0.15, 0.2) is 5.82 Å². The number of amides is 1. The molecule has 1 amide bonds. The van der Waals surface area contributed by atoms with Gasteiger partial charge in [-0.1, -0.05) is 17.3 Å². The molecule has 0 bridgehead atoms. The SMILES string of the molecule is N/N=C\c1ccc(C(=O)Nc2ccc3c(c2)CCC(Cc2nn[nH]n2)O3)cc1. The van der Waals surface area contributed by atoms with Gasteiger partial charge in [-0.05, 0) is 54.3 Å². The Hall–Kier alpha value is -3.75. The van der Waals surface area contributed by atoms with Crippen molar-refractivity contribution >= 4 is 17.8 Å². The highest BCUT2D eigenvalue weighted by Gasteiger charge is 2.22. The largest absolute Gasteiger partial charge is 0.490 e. The van der Waals surface area contributed by atoms with E-state index < -0.39 is 0 Å². The molecule has 0 fully saturated rings. The molecule has 0 aliphatic carbocycles. The second-order valence-electron chi connectivity index (χ2n) is 6.49. The molecule has 9 nitrogen and oxygen atoms in total. The van der Waals surface area contributed by atoms with Crippen LogP contribution < -0.4 is 15.9 Å². The summed E-state index contributed by atoms with van der Waals surface area (Å²) in [5.41, 5.74) is 3.19. The summed E-state index contributed by atoms with van der Waals surface area (Å²) >= 11 is 0. The van der Waals surface area contributed by atoms with Crippen molar-refractivity contribution in [3.63, 3.8) is 0 Å². The van der Waals surface area contributed by atoms with Crippen molar-refractivity contribution in [2.45, 2.75) is 25.4 Å². The van der Waals surface area contributed by atoms with E-state index in [0.29, 0.717) is 17.8 Å². The molecule has 1 unspecified atom stereocenters. The highest BCUT2D eigenvalue weighted by Crippen LogP contribution is 2.31. The number of aromatic amines is 1. The highest BCUT2D eigenvalue weighted by molar-refractivity contribution is 6.04. The topological polar surface area (TPSA) is 131 Å². The minimum Gasteiger partial charge on any atom is -0.490 e. The van der Waals surface area contributed by atoms with Crippen molar-refractivity contribution in [3.05, 3.63) is 65.0 Å². The number of rotatable bonds is 5. The Balaban J connectivity index is 1.41. The molecule has 4 rings (SSSR count). The van der Waals surface area contributed by atoms with Crippen molar-refractivity contribution < 1.29 is 9.53 Å². The predicted octanol–water partition coefficient (Wildman–Crippen LogP) is 1.68. The number of hydrogen-bond donors (Lipinski definition) is 3. The fourth-order valence-electron chi connectivity index (χ4n) is 3.15. The van der Waals surface area contributed by atoms with Crippen molar-refractivity contribution in [1.82, 2.24) is 20.6 Å². The van der Waals surface area contributed by atoms with Gasteiger partial charge >= 0.3 is 0 Å². The van der Waals surface area contributed by atoms with E-state index in [1.165, 1.54) is 6.21 Å². The lowest BCUT2D eigenvalue weighted by atomic mass is 9.99. The summed E-state index contributed by atoms with van der Waals surface area (Å²) in [6.45, 7) is 0. The zero-order valence-electron chi connectivity index (χ0n) is 15.0. The Morgan fingerprint density at radius 2 is 2.18 bits per heavy atom. The molecule has 1 aliphatic rings. The number of ether oxygens (including phenoxy) is 1. The average Bonchev–Trinajstić information content (AvgIpc) is 3.22. The first-order valence-electron chi connectivity index (χ1n) is 8.88. The monoisotopic (exact) mass is 377 g/mol. The molecule has 2 aromatic carbocycles. The lowest BCUT2D eigenvalue weighted by Gasteiger charge is -2.25. The molecular formula is C19H19N7O2. The van der Waals surface area contributed by atoms with Gasteiger partial charge in [-0.25, -0.2) is 0 Å². The van der Waals surface area contributed by atoms with Crippen LogP contribution in [-0.2, 0) is 12.8 Å². The first-order valence-corrected chi connectivity index (χ1v) is 8.88. The lowest BCUT2D eigenvalue weighted by Crippen LogP contribution is -2.25. The number of anilines is 1. The van der Waals surface area contributed by atoms with Crippen LogP contribution in [0.2, 0.25) is 0 Å². The smallest absolute Gasteiger partial charge is 0.255 e. The van der Waals surface area contributed by atoms with E-state index in [1.54, 1.807) is 24.3 Å². The van der Waals surface area contributed by atoms with Gasteiger partial charge in [0.25, 0.3) is 5.91 Å². The van der Waals surface area contributed by atoms with Crippen LogP contribution in [0.5, 0.6) is 5.75 Å². The number of carbonyl (C=O) groups is 1. The Morgan fingerprint density at radius 1 is 1.32 bits per heavy atom. The van der Waals surface area contributed by atoms with Crippen LogP contribution in [0.15, 0.2) is 47.6 Å². The summed E-state index contributed by atoms with van der Waals surface area (Å²) in [5, 5.41) is 20.3. The van der Waals surface area contributed by atoms with E-state index in [9.17, 15) is 4.79 Å². The Bertz CT molecular complexity index is 984. The summed E-state index contributed by atoms with van der Waals surface area (Å²) in [4.78, 5) is 12.5. The van der Waals surface area contributed by atoms with Gasteiger partial charge < -0.3 is 15.9 Å².